The number of ether oxygens (including phenoxy) is 1. The van der Waals surface area contributed by atoms with Gasteiger partial charge in [-0.3, -0.25) is 23.9 Å². The Morgan fingerprint density at radius 1 is 1.18 bits per heavy atom. The van der Waals surface area contributed by atoms with Crippen molar-refractivity contribution in [1.29, 1.82) is 0 Å². The maximum absolute atomic E-state index is 11.9. The second-order valence-corrected chi connectivity index (χ2v) is 4.71. The number of aromatic nitrogens is 2. The second-order valence-electron chi connectivity index (χ2n) is 4.30. The Bertz CT molecular complexity index is 824. The van der Waals surface area contributed by atoms with Gasteiger partial charge in [0.2, 0.25) is 5.78 Å². The molecule has 114 valence electrons. The van der Waals surface area contributed by atoms with Crippen molar-refractivity contribution in [1.82, 2.24) is 9.55 Å². The van der Waals surface area contributed by atoms with Gasteiger partial charge in [-0.25, -0.2) is 4.79 Å². The first kappa shape index (κ1) is 15.7. The van der Waals surface area contributed by atoms with E-state index in [1.807, 2.05) is 4.98 Å². The van der Waals surface area contributed by atoms with E-state index in [2.05, 4.69) is 0 Å². The lowest BCUT2D eigenvalue weighted by atomic mass is 10.1. The van der Waals surface area contributed by atoms with E-state index in [4.69, 9.17) is 16.3 Å². The van der Waals surface area contributed by atoms with E-state index < -0.39 is 36.2 Å². The summed E-state index contributed by atoms with van der Waals surface area (Å²) in [6, 6.07) is 7.49. The first-order valence-electron chi connectivity index (χ1n) is 6.20. The number of hydrogen-bond acceptors (Lipinski definition) is 5. The minimum atomic E-state index is -0.783. The van der Waals surface area contributed by atoms with Crippen molar-refractivity contribution >= 4 is 23.4 Å². The summed E-state index contributed by atoms with van der Waals surface area (Å²) in [6.07, 6.45) is 1.16. The molecule has 0 atom stereocenters. The van der Waals surface area contributed by atoms with Crippen LogP contribution in [0.3, 0.4) is 0 Å². The zero-order valence-corrected chi connectivity index (χ0v) is 12.0. The van der Waals surface area contributed by atoms with Crippen LogP contribution in [0.15, 0.2) is 46.1 Å². The van der Waals surface area contributed by atoms with Gasteiger partial charge in [0, 0.05) is 17.8 Å². The number of nitrogens with zero attached hydrogens (tertiary/aromatic N) is 1. The van der Waals surface area contributed by atoms with Gasteiger partial charge in [-0.15, -0.1) is 0 Å². The van der Waals surface area contributed by atoms with Crippen LogP contribution in [0.25, 0.3) is 0 Å². The van der Waals surface area contributed by atoms with Crippen LogP contribution >= 0.6 is 11.6 Å². The molecular formula is C14H11ClN2O5. The Kier molecular flexibility index (Phi) is 4.90. The summed E-state index contributed by atoms with van der Waals surface area (Å²) < 4.78 is 5.77. The van der Waals surface area contributed by atoms with E-state index in [-0.39, 0.29) is 10.6 Å². The molecule has 8 heteroatoms. The minimum Gasteiger partial charge on any atom is -0.456 e. The summed E-state index contributed by atoms with van der Waals surface area (Å²) >= 11 is 5.86. The van der Waals surface area contributed by atoms with Gasteiger partial charge < -0.3 is 4.74 Å². The molecule has 1 heterocycles. The van der Waals surface area contributed by atoms with E-state index in [1.165, 1.54) is 6.07 Å². The molecule has 2 aromatic rings. The van der Waals surface area contributed by atoms with E-state index in [0.29, 0.717) is 0 Å². The monoisotopic (exact) mass is 322 g/mol. The molecule has 7 nitrogen and oxygen atoms in total. The maximum Gasteiger partial charge on any atom is 0.328 e. The molecule has 2 rings (SSSR count). The Hall–Kier alpha value is -2.67. The number of aromatic amines is 1. The fourth-order valence-electron chi connectivity index (χ4n) is 1.66. The highest BCUT2D eigenvalue weighted by atomic mass is 35.5. The van der Waals surface area contributed by atoms with E-state index in [0.717, 1.165) is 16.8 Å². The number of ketones is 1. The first-order valence-corrected chi connectivity index (χ1v) is 6.58. The molecule has 1 N–H and O–H groups in total. The van der Waals surface area contributed by atoms with Crippen LogP contribution in [-0.4, -0.2) is 27.9 Å². The minimum absolute atomic E-state index is 0.248. The Morgan fingerprint density at radius 3 is 2.59 bits per heavy atom. The van der Waals surface area contributed by atoms with Crippen molar-refractivity contribution < 1.29 is 14.3 Å². The summed E-state index contributed by atoms with van der Waals surface area (Å²) in [5.74, 6) is -1.23. The van der Waals surface area contributed by atoms with Gasteiger partial charge in [-0.1, -0.05) is 23.7 Å². The number of nitrogens with one attached hydrogen (secondary N) is 1. The largest absolute Gasteiger partial charge is 0.456 e. The molecule has 0 aliphatic heterocycles. The third-order valence-electron chi connectivity index (χ3n) is 2.73. The number of carbonyl (C=O) groups is 2. The highest BCUT2D eigenvalue weighted by Gasteiger charge is 2.13. The van der Waals surface area contributed by atoms with Crippen molar-refractivity contribution in [3.05, 3.63) is 68.0 Å². The molecule has 0 bridgehead atoms. The normalized spacial score (nSPS) is 10.2. The highest BCUT2D eigenvalue weighted by Crippen LogP contribution is 2.15. The predicted molar refractivity (Wildman–Crippen MR) is 78.1 cm³/mol. The Labute approximate surface area is 129 Å². The van der Waals surface area contributed by atoms with E-state index in [1.54, 1.807) is 18.2 Å². The van der Waals surface area contributed by atoms with Gasteiger partial charge in [0.25, 0.3) is 5.56 Å². The molecule has 0 radical (unpaired) electrons. The fraction of sp³-hybridized carbons (Fsp3) is 0.143. The van der Waals surface area contributed by atoms with Crippen LogP contribution in [0.1, 0.15) is 10.4 Å². The second kappa shape index (κ2) is 6.86. The van der Waals surface area contributed by atoms with Gasteiger partial charge in [-0.05, 0) is 12.1 Å². The van der Waals surface area contributed by atoms with Crippen LogP contribution in [0.5, 0.6) is 0 Å². The molecule has 1 aromatic heterocycles. The molecule has 0 fully saturated rings. The Balaban J connectivity index is 1.96. The number of hydrogen-bond donors (Lipinski definition) is 1. The number of carbonyl (C=O) groups excluding carboxylic acids is 2. The maximum atomic E-state index is 11.9. The number of benzene rings is 1. The molecule has 0 spiro atoms. The quantitative estimate of drug-likeness (QED) is 0.642. The summed E-state index contributed by atoms with van der Waals surface area (Å²) in [4.78, 5) is 47.8. The molecule has 0 unspecified atom stereocenters. The molecule has 0 saturated heterocycles. The zero-order chi connectivity index (χ0) is 16.1. The lowest BCUT2D eigenvalue weighted by Crippen LogP contribution is -2.31. The average Bonchev–Trinajstić information content (AvgIpc) is 2.48. The van der Waals surface area contributed by atoms with Crippen LogP contribution in [0.4, 0.5) is 0 Å². The molecule has 0 aliphatic rings. The molecular weight excluding hydrogens is 312 g/mol. The number of halogens is 1. The number of rotatable bonds is 5. The molecule has 0 aliphatic carbocycles. The highest BCUT2D eigenvalue weighted by molar-refractivity contribution is 6.34. The topological polar surface area (TPSA) is 98.2 Å². The lowest BCUT2D eigenvalue weighted by Gasteiger charge is -2.06. The third-order valence-corrected chi connectivity index (χ3v) is 3.06. The smallest absolute Gasteiger partial charge is 0.328 e. The third kappa shape index (κ3) is 3.92. The number of esters is 1. The summed E-state index contributed by atoms with van der Waals surface area (Å²) in [6.45, 7) is -0.897. The lowest BCUT2D eigenvalue weighted by molar-refractivity contribution is -0.143. The van der Waals surface area contributed by atoms with Crippen LogP contribution in [0.2, 0.25) is 5.02 Å². The van der Waals surface area contributed by atoms with E-state index >= 15 is 0 Å². The SMILES string of the molecule is O=C(Cn1ccc(=O)[nH]c1=O)OCC(=O)c1ccccc1Cl. The molecule has 22 heavy (non-hydrogen) atoms. The zero-order valence-electron chi connectivity index (χ0n) is 11.2. The van der Waals surface area contributed by atoms with Crippen LogP contribution in [0, 0.1) is 0 Å². The van der Waals surface area contributed by atoms with Crippen molar-refractivity contribution in [2.24, 2.45) is 0 Å². The van der Waals surface area contributed by atoms with E-state index in [9.17, 15) is 19.2 Å². The summed E-state index contributed by atoms with van der Waals surface area (Å²) in [7, 11) is 0. The van der Waals surface area contributed by atoms with Crippen molar-refractivity contribution in [3.8, 4) is 0 Å². The van der Waals surface area contributed by atoms with Crippen molar-refractivity contribution in [2.45, 2.75) is 6.54 Å². The standard InChI is InChI=1S/C14H11ClN2O5/c15-10-4-2-1-3-9(10)11(18)8-22-13(20)7-17-6-5-12(19)16-14(17)21/h1-6H,7-8H2,(H,16,19,21). The number of H-pyrrole nitrogens is 1. The van der Waals surface area contributed by atoms with Crippen LogP contribution < -0.4 is 11.2 Å². The van der Waals surface area contributed by atoms with Gasteiger partial charge >= 0.3 is 11.7 Å². The molecule has 1 aromatic carbocycles. The van der Waals surface area contributed by atoms with Gasteiger partial charge in [-0.2, -0.15) is 0 Å². The Morgan fingerprint density at radius 2 is 1.91 bits per heavy atom. The first-order chi connectivity index (χ1) is 10.5. The van der Waals surface area contributed by atoms with Gasteiger partial charge in [0.1, 0.15) is 6.54 Å². The van der Waals surface area contributed by atoms with Crippen LogP contribution in [-0.2, 0) is 16.1 Å². The summed E-state index contributed by atoms with van der Waals surface area (Å²) in [5.41, 5.74) is -1.05. The van der Waals surface area contributed by atoms with Gasteiger partial charge in [0.05, 0.1) is 5.02 Å². The molecule has 0 saturated carbocycles. The number of Topliss-reactive ketones (excluding diaryl/α,β-unsaturated/α-hetero) is 1. The van der Waals surface area contributed by atoms with Gasteiger partial charge in [0.15, 0.2) is 6.61 Å². The molecule has 0 amide bonds. The van der Waals surface area contributed by atoms with Crippen molar-refractivity contribution in [3.63, 3.8) is 0 Å². The summed E-state index contributed by atoms with van der Waals surface area (Å²) in [5, 5.41) is 0.264. The van der Waals surface area contributed by atoms with Crippen molar-refractivity contribution in [2.75, 3.05) is 6.61 Å². The average molecular weight is 323 g/mol. The fourth-order valence-corrected chi connectivity index (χ4v) is 1.91. The predicted octanol–water partition coefficient (Wildman–Crippen LogP) is 0.616.